The molecule has 7 nitrogen and oxygen atoms in total. The summed E-state index contributed by atoms with van der Waals surface area (Å²) in [7, 11) is 1.62. The normalized spacial score (nSPS) is 27.2. The Morgan fingerprint density at radius 2 is 1.79 bits per heavy atom. The predicted octanol–water partition coefficient (Wildman–Crippen LogP) is 1.53. The molecule has 1 fully saturated rings. The zero-order chi connectivity index (χ0) is 21.0. The number of hydrogen-bond acceptors (Lipinski definition) is 8. The molecule has 2 heterocycles. The molecule has 9 heteroatoms. The molecule has 160 valence electrons. The van der Waals surface area contributed by atoms with Gasteiger partial charge in [-0.3, -0.25) is 0 Å². The number of aliphatic hydroxyl groups excluding tert-OH is 4. The summed E-state index contributed by atoms with van der Waals surface area (Å²) in [4.78, 5) is 0.626. The summed E-state index contributed by atoms with van der Waals surface area (Å²) < 4.78 is 16.7. The first-order valence-corrected chi connectivity index (χ1v) is 10.4. The van der Waals surface area contributed by atoms with Crippen molar-refractivity contribution in [3.05, 3.63) is 50.7 Å². The average molecular weight is 445 g/mol. The van der Waals surface area contributed by atoms with Gasteiger partial charge >= 0.3 is 0 Å². The molecular formula is C20H25ClO7S. The van der Waals surface area contributed by atoms with E-state index in [1.54, 1.807) is 7.11 Å². The van der Waals surface area contributed by atoms with E-state index in [9.17, 15) is 20.4 Å². The number of thiophene rings is 1. The van der Waals surface area contributed by atoms with Crippen molar-refractivity contribution in [3.8, 4) is 5.75 Å². The van der Waals surface area contributed by atoms with Crippen LogP contribution in [0.3, 0.4) is 0 Å². The van der Waals surface area contributed by atoms with Crippen LogP contribution in [0.5, 0.6) is 5.75 Å². The van der Waals surface area contributed by atoms with E-state index >= 15 is 0 Å². The Balaban J connectivity index is 1.70. The van der Waals surface area contributed by atoms with Gasteiger partial charge in [0, 0.05) is 12.0 Å². The van der Waals surface area contributed by atoms with Crippen LogP contribution in [0.15, 0.2) is 30.3 Å². The van der Waals surface area contributed by atoms with Crippen LogP contribution in [0.2, 0.25) is 4.34 Å². The molecule has 29 heavy (non-hydrogen) atoms. The monoisotopic (exact) mass is 444 g/mol. The third-order valence-electron chi connectivity index (χ3n) is 4.82. The smallest absolute Gasteiger partial charge is 0.121 e. The minimum atomic E-state index is -1.42. The maximum atomic E-state index is 10.3. The van der Waals surface area contributed by atoms with E-state index in [2.05, 4.69) is 0 Å². The maximum absolute atomic E-state index is 10.3. The lowest BCUT2D eigenvalue weighted by Crippen LogP contribution is -2.55. The summed E-state index contributed by atoms with van der Waals surface area (Å²) in [6, 6.07) is 9.48. The molecule has 2 aromatic rings. The number of methoxy groups -OCH3 is 1. The first-order chi connectivity index (χ1) is 13.9. The average Bonchev–Trinajstić information content (AvgIpc) is 3.08. The highest BCUT2D eigenvalue weighted by molar-refractivity contribution is 7.16. The Morgan fingerprint density at radius 3 is 2.45 bits per heavy atom. The van der Waals surface area contributed by atoms with Gasteiger partial charge in [-0.05, 0) is 35.7 Å². The molecule has 0 amide bonds. The molecule has 0 unspecified atom stereocenters. The van der Waals surface area contributed by atoms with E-state index in [0.29, 0.717) is 28.8 Å². The Hall–Kier alpha value is -1.23. The predicted molar refractivity (Wildman–Crippen MR) is 109 cm³/mol. The van der Waals surface area contributed by atoms with Gasteiger partial charge in [0.25, 0.3) is 0 Å². The first-order valence-electron chi connectivity index (χ1n) is 9.24. The van der Waals surface area contributed by atoms with Crippen molar-refractivity contribution in [2.75, 3.05) is 26.9 Å². The zero-order valence-corrected chi connectivity index (χ0v) is 17.5. The molecule has 1 saturated heterocycles. The largest absolute Gasteiger partial charge is 0.491 e. The highest BCUT2D eigenvalue weighted by Crippen LogP contribution is 2.39. The van der Waals surface area contributed by atoms with Crippen LogP contribution in [-0.2, 0) is 15.9 Å². The molecule has 0 saturated carbocycles. The van der Waals surface area contributed by atoms with Crippen molar-refractivity contribution < 1.29 is 34.6 Å². The second-order valence-corrected chi connectivity index (χ2v) is 8.55. The van der Waals surface area contributed by atoms with E-state index in [4.69, 9.17) is 25.8 Å². The Morgan fingerprint density at radius 1 is 1.07 bits per heavy atom. The minimum Gasteiger partial charge on any atom is -0.491 e. The van der Waals surface area contributed by atoms with Crippen LogP contribution < -0.4 is 4.74 Å². The van der Waals surface area contributed by atoms with Crippen LogP contribution >= 0.6 is 22.9 Å². The summed E-state index contributed by atoms with van der Waals surface area (Å²) >= 11 is 7.64. The summed E-state index contributed by atoms with van der Waals surface area (Å²) in [6.45, 7) is 0.536. The SMILES string of the molecule is COCCOc1ccc(Cc2cc([C@@H]3O[C@H](CO)[C@@H](O)[C@H](O)[C@H]3O)sc2Cl)cc1. The number of aliphatic hydroxyl groups is 4. The van der Waals surface area contributed by atoms with Gasteiger partial charge in [-0.15, -0.1) is 11.3 Å². The first kappa shape index (κ1) is 22.5. The van der Waals surface area contributed by atoms with E-state index in [-0.39, 0.29) is 0 Å². The van der Waals surface area contributed by atoms with Crippen molar-refractivity contribution in [1.29, 1.82) is 0 Å². The molecule has 0 spiro atoms. The molecule has 0 radical (unpaired) electrons. The Bertz CT molecular complexity index is 780. The third-order valence-corrected chi connectivity index (χ3v) is 6.32. The van der Waals surface area contributed by atoms with Crippen molar-refractivity contribution in [3.63, 3.8) is 0 Å². The lowest BCUT2D eigenvalue weighted by atomic mass is 9.94. The van der Waals surface area contributed by atoms with Gasteiger partial charge < -0.3 is 34.6 Å². The molecule has 0 aliphatic carbocycles. The highest BCUT2D eigenvalue weighted by atomic mass is 35.5. The van der Waals surface area contributed by atoms with E-state index in [1.165, 1.54) is 11.3 Å². The van der Waals surface area contributed by atoms with Crippen LogP contribution in [-0.4, -0.2) is 71.8 Å². The molecule has 1 aromatic heterocycles. The van der Waals surface area contributed by atoms with Gasteiger partial charge in [-0.1, -0.05) is 23.7 Å². The number of halogens is 1. The summed E-state index contributed by atoms with van der Waals surface area (Å²) in [5, 5.41) is 39.6. The number of benzene rings is 1. The van der Waals surface area contributed by atoms with Gasteiger partial charge in [-0.2, -0.15) is 0 Å². The Kier molecular flexibility index (Phi) is 7.89. The molecule has 1 aliphatic heterocycles. The molecule has 5 atom stereocenters. The number of ether oxygens (including phenoxy) is 3. The van der Waals surface area contributed by atoms with E-state index in [0.717, 1.165) is 16.9 Å². The third kappa shape index (κ3) is 5.28. The summed E-state index contributed by atoms with van der Waals surface area (Å²) in [5.41, 5.74) is 1.89. The van der Waals surface area contributed by atoms with Gasteiger partial charge in [0.2, 0.25) is 0 Å². The second kappa shape index (κ2) is 10.2. The fourth-order valence-corrected chi connectivity index (χ4v) is 4.56. The van der Waals surface area contributed by atoms with Crippen LogP contribution in [0.4, 0.5) is 0 Å². The zero-order valence-electron chi connectivity index (χ0n) is 15.9. The summed E-state index contributed by atoms with van der Waals surface area (Å²) in [6.07, 6.45) is -5.37. The molecule has 1 aromatic carbocycles. The van der Waals surface area contributed by atoms with E-state index < -0.39 is 37.1 Å². The van der Waals surface area contributed by atoms with Crippen molar-refractivity contribution in [2.45, 2.75) is 36.9 Å². The lowest BCUT2D eigenvalue weighted by Gasteiger charge is -2.39. The second-order valence-electron chi connectivity index (χ2n) is 6.86. The maximum Gasteiger partial charge on any atom is 0.121 e. The fourth-order valence-electron chi connectivity index (χ4n) is 3.19. The van der Waals surface area contributed by atoms with Gasteiger partial charge in [0.1, 0.15) is 42.9 Å². The van der Waals surface area contributed by atoms with Gasteiger partial charge in [0.15, 0.2) is 0 Å². The number of hydrogen-bond donors (Lipinski definition) is 4. The summed E-state index contributed by atoms with van der Waals surface area (Å²) in [5.74, 6) is 0.754. The molecule has 1 aliphatic rings. The topological polar surface area (TPSA) is 109 Å². The fraction of sp³-hybridized carbons (Fsp3) is 0.500. The van der Waals surface area contributed by atoms with Crippen LogP contribution in [0.1, 0.15) is 22.1 Å². The van der Waals surface area contributed by atoms with Crippen molar-refractivity contribution in [1.82, 2.24) is 0 Å². The van der Waals surface area contributed by atoms with Crippen molar-refractivity contribution >= 4 is 22.9 Å². The molecular weight excluding hydrogens is 420 g/mol. The van der Waals surface area contributed by atoms with Gasteiger partial charge in [-0.25, -0.2) is 0 Å². The molecule has 3 rings (SSSR count). The van der Waals surface area contributed by atoms with E-state index in [1.807, 2.05) is 30.3 Å². The molecule has 4 N–H and O–H groups in total. The Labute approximate surface area is 178 Å². The highest BCUT2D eigenvalue weighted by Gasteiger charge is 2.44. The van der Waals surface area contributed by atoms with Crippen LogP contribution in [0, 0.1) is 0 Å². The molecule has 0 bridgehead atoms. The quantitative estimate of drug-likeness (QED) is 0.457. The van der Waals surface area contributed by atoms with Crippen LogP contribution in [0.25, 0.3) is 0 Å². The number of rotatable bonds is 8. The lowest BCUT2D eigenvalue weighted by molar-refractivity contribution is -0.230. The van der Waals surface area contributed by atoms with Gasteiger partial charge in [0.05, 0.1) is 17.6 Å². The minimum absolute atomic E-state index is 0.466. The van der Waals surface area contributed by atoms with Crippen molar-refractivity contribution in [2.24, 2.45) is 0 Å². The standard InChI is InChI=1S/C20H25ClO7S/c1-26-6-7-27-13-4-2-11(3-5-13)8-12-9-15(29-20(12)21)19-18(25)17(24)16(23)14(10-22)28-19/h2-5,9,14,16-19,22-25H,6-8,10H2,1H3/t14-,16-,17+,18-,19+/m1/s1.